The van der Waals surface area contributed by atoms with Gasteiger partial charge in [-0.15, -0.1) is 0 Å². The molecule has 3 aliphatic rings. The molecule has 0 saturated carbocycles. The molecular weight excluding hydrogens is 426 g/mol. The number of anilines is 2. The van der Waals surface area contributed by atoms with Crippen molar-refractivity contribution in [2.24, 2.45) is 5.92 Å². The summed E-state index contributed by atoms with van der Waals surface area (Å²) in [6.07, 6.45) is 5.18. The van der Waals surface area contributed by atoms with Crippen molar-refractivity contribution in [2.45, 2.75) is 31.3 Å². The highest BCUT2D eigenvalue weighted by Gasteiger charge is 2.70. The van der Waals surface area contributed by atoms with Crippen molar-refractivity contribution >= 4 is 34.4 Å². The van der Waals surface area contributed by atoms with Crippen molar-refractivity contribution in [1.82, 2.24) is 4.98 Å². The fourth-order valence-electron chi connectivity index (χ4n) is 6.24. The molecule has 0 aliphatic carbocycles. The molecule has 1 fully saturated rings. The van der Waals surface area contributed by atoms with Crippen molar-refractivity contribution < 1.29 is 14.4 Å². The Labute approximate surface area is 197 Å². The number of carbonyl (C=O) groups is 3. The van der Waals surface area contributed by atoms with Crippen molar-refractivity contribution in [3.8, 4) is 0 Å². The number of hydrogen-bond acceptors (Lipinski definition) is 5. The summed E-state index contributed by atoms with van der Waals surface area (Å²) in [5.74, 6) is -1.53. The van der Waals surface area contributed by atoms with Crippen molar-refractivity contribution in [3.63, 3.8) is 0 Å². The zero-order valence-electron chi connectivity index (χ0n) is 18.9. The topological polar surface area (TPSA) is 79.4 Å². The predicted octanol–water partition coefficient (Wildman–Crippen LogP) is 4.03. The molecule has 0 bridgehead atoms. The number of nitrogens with one attached hydrogen (secondary N) is 1. The zero-order valence-corrected chi connectivity index (χ0v) is 18.9. The number of allylic oxidation sites excluding steroid dienone is 1. The van der Waals surface area contributed by atoms with E-state index in [0.29, 0.717) is 11.3 Å². The van der Waals surface area contributed by atoms with Gasteiger partial charge in [-0.1, -0.05) is 42.5 Å². The summed E-state index contributed by atoms with van der Waals surface area (Å²) in [6.45, 7) is 3.53. The van der Waals surface area contributed by atoms with Crippen LogP contribution in [0.25, 0.3) is 5.57 Å². The van der Waals surface area contributed by atoms with Crippen LogP contribution < -0.4 is 10.2 Å². The Morgan fingerprint density at radius 1 is 1.00 bits per heavy atom. The summed E-state index contributed by atoms with van der Waals surface area (Å²) >= 11 is 0. The molecule has 6 rings (SSSR count). The van der Waals surface area contributed by atoms with Crippen LogP contribution in [0.5, 0.6) is 0 Å². The maximum atomic E-state index is 14.2. The SMILES string of the molecule is CC(=O)[C@@H]1[C@H](C(=O)c2ccncc2)[C@]2(C(=O)Nc3ccccc32)[C@H]2C=C(C)c3ccccc3N12. The van der Waals surface area contributed by atoms with Gasteiger partial charge < -0.3 is 10.2 Å². The second kappa shape index (κ2) is 7.22. The minimum atomic E-state index is -1.25. The van der Waals surface area contributed by atoms with Gasteiger partial charge in [0.25, 0.3) is 0 Å². The first-order valence-corrected chi connectivity index (χ1v) is 11.4. The summed E-state index contributed by atoms with van der Waals surface area (Å²) in [7, 11) is 0. The van der Waals surface area contributed by atoms with Crippen LogP contribution in [0.15, 0.2) is 79.1 Å². The van der Waals surface area contributed by atoms with Gasteiger partial charge in [0.15, 0.2) is 11.6 Å². The van der Waals surface area contributed by atoms with Gasteiger partial charge in [0.2, 0.25) is 5.91 Å². The molecule has 4 atom stereocenters. The average Bonchev–Trinajstić information content (AvgIpc) is 3.32. The summed E-state index contributed by atoms with van der Waals surface area (Å²) < 4.78 is 0. The molecule has 1 aromatic heterocycles. The van der Waals surface area contributed by atoms with Crippen LogP contribution in [0, 0.1) is 5.92 Å². The number of aromatic nitrogens is 1. The smallest absolute Gasteiger partial charge is 0.238 e. The number of benzene rings is 2. The molecule has 3 aliphatic heterocycles. The van der Waals surface area contributed by atoms with Gasteiger partial charge in [-0.25, -0.2) is 0 Å². The fourth-order valence-corrected chi connectivity index (χ4v) is 6.24. The first-order valence-electron chi connectivity index (χ1n) is 11.4. The number of pyridine rings is 1. The van der Waals surface area contributed by atoms with Gasteiger partial charge in [-0.05, 0) is 49.2 Å². The molecule has 34 heavy (non-hydrogen) atoms. The highest BCUT2D eigenvalue weighted by Crippen LogP contribution is 2.58. The van der Waals surface area contributed by atoms with Crippen LogP contribution in [0.1, 0.15) is 35.3 Å². The Hall–Kier alpha value is -4.06. The van der Waals surface area contributed by atoms with E-state index in [4.69, 9.17) is 0 Å². The first kappa shape index (κ1) is 20.5. The largest absolute Gasteiger partial charge is 0.352 e. The summed E-state index contributed by atoms with van der Waals surface area (Å²) in [4.78, 5) is 47.6. The summed E-state index contributed by atoms with van der Waals surface area (Å²) in [5.41, 5.74) is 3.54. The molecular formula is C28H23N3O3. The lowest BCUT2D eigenvalue weighted by atomic mass is 9.64. The van der Waals surface area contributed by atoms with Crippen molar-refractivity contribution in [2.75, 3.05) is 10.2 Å². The zero-order chi connectivity index (χ0) is 23.6. The van der Waals surface area contributed by atoms with Gasteiger partial charge in [-0.2, -0.15) is 0 Å². The van der Waals surface area contributed by atoms with Crippen molar-refractivity contribution in [1.29, 1.82) is 0 Å². The molecule has 2 aromatic carbocycles. The lowest BCUT2D eigenvalue weighted by Crippen LogP contribution is -2.51. The van der Waals surface area contributed by atoms with Gasteiger partial charge in [-0.3, -0.25) is 19.4 Å². The Bertz CT molecular complexity index is 1400. The van der Waals surface area contributed by atoms with E-state index < -0.39 is 23.4 Å². The number of nitrogens with zero attached hydrogens (tertiary/aromatic N) is 2. The van der Waals surface area contributed by atoms with Crippen LogP contribution in [-0.2, 0) is 15.0 Å². The molecule has 1 amide bonds. The third-order valence-electron chi connectivity index (χ3n) is 7.55. The molecule has 1 spiro atoms. The molecule has 0 radical (unpaired) electrons. The van der Waals surface area contributed by atoms with Crippen LogP contribution in [-0.4, -0.2) is 34.5 Å². The number of hydrogen-bond donors (Lipinski definition) is 1. The average molecular weight is 450 g/mol. The second-order valence-electron chi connectivity index (χ2n) is 9.22. The Morgan fingerprint density at radius 3 is 2.47 bits per heavy atom. The maximum Gasteiger partial charge on any atom is 0.238 e. The Kier molecular flexibility index (Phi) is 4.36. The van der Waals surface area contributed by atoms with E-state index in [0.717, 1.165) is 22.4 Å². The monoisotopic (exact) mass is 449 g/mol. The van der Waals surface area contributed by atoms with Crippen LogP contribution in [0.3, 0.4) is 0 Å². The highest BCUT2D eigenvalue weighted by molar-refractivity contribution is 6.16. The Morgan fingerprint density at radius 2 is 1.71 bits per heavy atom. The van der Waals surface area contributed by atoms with E-state index in [1.165, 1.54) is 6.92 Å². The van der Waals surface area contributed by atoms with E-state index >= 15 is 0 Å². The van der Waals surface area contributed by atoms with Gasteiger partial charge >= 0.3 is 0 Å². The van der Waals surface area contributed by atoms with Crippen LogP contribution in [0.4, 0.5) is 11.4 Å². The molecule has 4 heterocycles. The van der Waals surface area contributed by atoms with E-state index in [1.54, 1.807) is 24.5 Å². The van der Waals surface area contributed by atoms with E-state index in [2.05, 4.69) is 16.4 Å². The van der Waals surface area contributed by atoms with E-state index in [1.807, 2.05) is 60.4 Å². The van der Waals surface area contributed by atoms with Gasteiger partial charge in [0.05, 0.1) is 18.0 Å². The maximum absolute atomic E-state index is 14.2. The molecule has 168 valence electrons. The number of Topliss-reactive ketones (excluding diaryl/α,β-unsaturated/α-hetero) is 2. The summed E-state index contributed by atoms with van der Waals surface area (Å²) in [5, 5.41) is 3.03. The summed E-state index contributed by atoms with van der Waals surface area (Å²) in [6, 6.07) is 17.4. The molecule has 3 aromatic rings. The van der Waals surface area contributed by atoms with Gasteiger partial charge in [0, 0.05) is 34.9 Å². The first-order chi connectivity index (χ1) is 16.5. The molecule has 6 heteroatoms. The second-order valence-corrected chi connectivity index (χ2v) is 9.22. The van der Waals surface area contributed by atoms with Crippen LogP contribution >= 0.6 is 0 Å². The number of ketones is 2. The minimum Gasteiger partial charge on any atom is -0.352 e. The van der Waals surface area contributed by atoms with Crippen LogP contribution in [0.2, 0.25) is 0 Å². The molecule has 1 N–H and O–H groups in total. The highest BCUT2D eigenvalue weighted by atomic mass is 16.2. The van der Waals surface area contributed by atoms with Crippen molar-refractivity contribution in [3.05, 3.63) is 95.8 Å². The van der Waals surface area contributed by atoms with E-state index in [9.17, 15) is 14.4 Å². The molecule has 1 saturated heterocycles. The number of para-hydroxylation sites is 2. The lowest BCUT2D eigenvalue weighted by Gasteiger charge is -2.39. The van der Waals surface area contributed by atoms with E-state index in [-0.39, 0.29) is 17.5 Å². The normalized spacial score (nSPS) is 26.4. The molecule has 6 nitrogen and oxygen atoms in total. The number of amides is 1. The standard InChI is InChI=1S/C28H23N3O3/c1-16-15-23-28(20-8-4-5-9-21(20)30-27(28)34)24(26(33)18-11-13-29-14-12-18)25(17(2)32)31(23)22-10-6-3-7-19(16)22/h3-15,23-25H,1-2H3,(H,30,34)/t23-,24-,25-,28-/m1/s1. The predicted molar refractivity (Wildman–Crippen MR) is 130 cm³/mol. The third kappa shape index (κ3) is 2.51. The molecule has 0 unspecified atom stereocenters. The third-order valence-corrected chi connectivity index (χ3v) is 7.55. The van der Waals surface area contributed by atoms with Gasteiger partial charge in [0.1, 0.15) is 5.41 Å². The number of rotatable bonds is 3. The lowest BCUT2D eigenvalue weighted by molar-refractivity contribution is -0.122. The quantitative estimate of drug-likeness (QED) is 0.611. The minimum absolute atomic E-state index is 0.144. The Balaban J connectivity index is 1.69. The number of carbonyl (C=O) groups excluding carboxylic acids is 3. The fraction of sp³-hybridized carbons (Fsp3) is 0.214. The number of fused-ring (bicyclic) bond motifs is 6.